The van der Waals surface area contributed by atoms with Gasteiger partial charge in [-0.25, -0.2) is 0 Å². The van der Waals surface area contributed by atoms with Crippen LogP contribution in [0.3, 0.4) is 0 Å². The van der Waals surface area contributed by atoms with Gasteiger partial charge in [0.25, 0.3) is 5.91 Å². The minimum Gasteiger partial charge on any atom is -0.497 e. The molecule has 2 aromatic rings. The van der Waals surface area contributed by atoms with Crippen LogP contribution < -0.4 is 10.1 Å². The summed E-state index contributed by atoms with van der Waals surface area (Å²) in [4.78, 5) is 12.3. The van der Waals surface area contributed by atoms with Crippen molar-refractivity contribution in [3.05, 3.63) is 59.2 Å². The number of halogens is 3. The van der Waals surface area contributed by atoms with Crippen molar-refractivity contribution in [3.8, 4) is 5.75 Å². The maximum Gasteiger partial charge on any atom is 0.416 e. The lowest BCUT2D eigenvalue weighted by atomic mass is 10.0. The Morgan fingerprint density at radius 2 is 1.83 bits per heavy atom. The molecule has 0 aromatic heterocycles. The number of hydrogen-bond donors (Lipinski definition) is 1. The summed E-state index contributed by atoms with van der Waals surface area (Å²) in [5.41, 5.74) is 0.511. The van der Waals surface area contributed by atoms with Crippen LogP contribution in [0.25, 0.3) is 0 Å². The van der Waals surface area contributed by atoms with Crippen molar-refractivity contribution in [1.82, 2.24) is 0 Å². The Balaban J connectivity index is 2.28. The van der Waals surface area contributed by atoms with Crippen molar-refractivity contribution in [2.24, 2.45) is 0 Å². The van der Waals surface area contributed by atoms with Gasteiger partial charge in [-0.2, -0.15) is 13.2 Å². The van der Waals surface area contributed by atoms with Gasteiger partial charge in [0.05, 0.1) is 12.7 Å². The molecule has 0 bridgehead atoms. The van der Waals surface area contributed by atoms with Crippen LogP contribution in [0.5, 0.6) is 5.75 Å². The molecule has 0 heterocycles. The number of alkyl halides is 3. The number of benzene rings is 2. The van der Waals surface area contributed by atoms with Gasteiger partial charge in [0.1, 0.15) is 5.75 Å². The molecule has 0 aliphatic rings. The van der Waals surface area contributed by atoms with Crippen molar-refractivity contribution in [2.75, 3.05) is 12.4 Å². The fourth-order valence-electron chi connectivity index (χ4n) is 2.19. The highest BCUT2D eigenvalue weighted by Gasteiger charge is 2.30. The van der Waals surface area contributed by atoms with E-state index in [1.165, 1.54) is 19.2 Å². The van der Waals surface area contributed by atoms with E-state index >= 15 is 0 Å². The van der Waals surface area contributed by atoms with E-state index in [9.17, 15) is 18.0 Å². The number of anilines is 1. The Kier molecular flexibility index (Phi) is 5.17. The van der Waals surface area contributed by atoms with E-state index in [1.807, 2.05) is 19.9 Å². The van der Waals surface area contributed by atoms with Gasteiger partial charge >= 0.3 is 6.18 Å². The molecular formula is C18H18F3NO2. The molecule has 0 unspecified atom stereocenters. The lowest BCUT2D eigenvalue weighted by molar-refractivity contribution is -0.137. The maximum absolute atomic E-state index is 12.8. The molecule has 6 heteroatoms. The fourth-order valence-corrected chi connectivity index (χ4v) is 2.19. The lowest BCUT2D eigenvalue weighted by Gasteiger charge is -2.13. The normalized spacial score (nSPS) is 11.5. The summed E-state index contributed by atoms with van der Waals surface area (Å²) in [6.45, 7) is 3.99. The van der Waals surface area contributed by atoms with E-state index < -0.39 is 17.6 Å². The molecule has 0 fully saturated rings. The van der Waals surface area contributed by atoms with E-state index in [0.717, 1.165) is 17.7 Å². The number of nitrogens with one attached hydrogen (secondary N) is 1. The third-order valence-electron chi connectivity index (χ3n) is 3.54. The number of methoxy groups -OCH3 is 1. The third kappa shape index (κ3) is 4.28. The topological polar surface area (TPSA) is 38.3 Å². The number of rotatable bonds is 4. The van der Waals surface area contributed by atoms with Gasteiger partial charge < -0.3 is 10.1 Å². The van der Waals surface area contributed by atoms with Crippen molar-refractivity contribution < 1.29 is 22.7 Å². The monoisotopic (exact) mass is 337 g/mol. The molecule has 0 aliphatic heterocycles. The zero-order chi connectivity index (χ0) is 17.9. The zero-order valence-electron chi connectivity index (χ0n) is 13.6. The second-order valence-corrected chi connectivity index (χ2v) is 5.68. The Labute approximate surface area is 138 Å². The molecule has 1 N–H and O–H groups in total. The SMILES string of the molecule is COc1cc(NC(=O)c2cccc(C(F)(F)F)c2)cc(C(C)C)c1. The Hall–Kier alpha value is -2.50. The van der Waals surface area contributed by atoms with Crippen molar-refractivity contribution >= 4 is 11.6 Å². The molecule has 0 aliphatic carbocycles. The van der Waals surface area contributed by atoms with E-state index in [2.05, 4.69) is 5.32 Å². The minimum atomic E-state index is -4.49. The van der Waals surface area contributed by atoms with Gasteiger partial charge in [0.2, 0.25) is 0 Å². The number of carbonyl (C=O) groups excluding carboxylic acids is 1. The molecule has 3 nitrogen and oxygen atoms in total. The van der Waals surface area contributed by atoms with Gasteiger partial charge in [-0.05, 0) is 41.8 Å². The van der Waals surface area contributed by atoms with Crippen molar-refractivity contribution in [2.45, 2.75) is 25.9 Å². The highest BCUT2D eigenvalue weighted by Crippen LogP contribution is 2.30. The van der Waals surface area contributed by atoms with Crippen LogP contribution in [0.2, 0.25) is 0 Å². The molecule has 0 saturated carbocycles. The third-order valence-corrected chi connectivity index (χ3v) is 3.54. The first kappa shape index (κ1) is 17.8. The van der Waals surface area contributed by atoms with Gasteiger partial charge in [-0.15, -0.1) is 0 Å². The second kappa shape index (κ2) is 6.95. The quantitative estimate of drug-likeness (QED) is 0.844. The molecule has 2 rings (SSSR count). The largest absolute Gasteiger partial charge is 0.497 e. The van der Waals surface area contributed by atoms with Crippen LogP contribution >= 0.6 is 0 Å². The first-order valence-electron chi connectivity index (χ1n) is 7.38. The smallest absolute Gasteiger partial charge is 0.416 e. The van der Waals surface area contributed by atoms with Gasteiger partial charge in [-0.1, -0.05) is 19.9 Å². The van der Waals surface area contributed by atoms with E-state index in [-0.39, 0.29) is 11.5 Å². The van der Waals surface area contributed by atoms with E-state index in [1.54, 1.807) is 12.1 Å². The minimum absolute atomic E-state index is 0.0567. The maximum atomic E-state index is 12.8. The van der Waals surface area contributed by atoms with Crippen LogP contribution in [0, 0.1) is 0 Å². The average Bonchev–Trinajstić information content (AvgIpc) is 2.53. The fraction of sp³-hybridized carbons (Fsp3) is 0.278. The predicted molar refractivity (Wildman–Crippen MR) is 86.5 cm³/mol. The van der Waals surface area contributed by atoms with Gasteiger partial charge in [0.15, 0.2) is 0 Å². The summed E-state index contributed by atoms with van der Waals surface area (Å²) in [7, 11) is 1.51. The Bertz CT molecular complexity index is 739. The zero-order valence-corrected chi connectivity index (χ0v) is 13.6. The molecule has 2 aromatic carbocycles. The van der Waals surface area contributed by atoms with Crippen LogP contribution in [0.15, 0.2) is 42.5 Å². The molecule has 24 heavy (non-hydrogen) atoms. The predicted octanol–water partition coefficient (Wildman–Crippen LogP) is 5.09. The van der Waals surface area contributed by atoms with Crippen LogP contribution in [-0.2, 0) is 6.18 Å². The molecule has 0 spiro atoms. The Morgan fingerprint density at radius 1 is 1.12 bits per heavy atom. The highest BCUT2D eigenvalue weighted by molar-refractivity contribution is 6.04. The standard InChI is InChI=1S/C18H18F3NO2/c1-11(2)13-8-15(10-16(9-13)24-3)22-17(23)12-5-4-6-14(7-12)18(19,20)21/h4-11H,1-3H3,(H,22,23). The van der Waals surface area contributed by atoms with Crippen LogP contribution in [0.1, 0.15) is 41.3 Å². The number of hydrogen-bond acceptors (Lipinski definition) is 2. The molecule has 0 radical (unpaired) electrons. The van der Waals surface area contributed by atoms with E-state index in [4.69, 9.17) is 4.74 Å². The number of amides is 1. The van der Waals surface area contributed by atoms with Gasteiger partial charge in [-0.3, -0.25) is 4.79 Å². The summed E-state index contributed by atoms with van der Waals surface area (Å²) in [5.74, 6) is 0.175. The lowest BCUT2D eigenvalue weighted by Crippen LogP contribution is -2.14. The summed E-state index contributed by atoms with van der Waals surface area (Å²) >= 11 is 0. The highest BCUT2D eigenvalue weighted by atomic mass is 19.4. The first-order valence-corrected chi connectivity index (χ1v) is 7.38. The van der Waals surface area contributed by atoms with E-state index in [0.29, 0.717) is 11.4 Å². The van der Waals surface area contributed by atoms with Crippen LogP contribution in [0.4, 0.5) is 18.9 Å². The second-order valence-electron chi connectivity index (χ2n) is 5.68. The number of ether oxygens (including phenoxy) is 1. The molecule has 0 atom stereocenters. The number of carbonyl (C=O) groups is 1. The Morgan fingerprint density at radius 3 is 2.42 bits per heavy atom. The summed E-state index contributed by atoms with van der Waals surface area (Å²) in [6.07, 6.45) is -4.49. The van der Waals surface area contributed by atoms with Gasteiger partial charge in [0, 0.05) is 17.3 Å². The summed E-state index contributed by atoms with van der Waals surface area (Å²) < 4.78 is 43.4. The summed E-state index contributed by atoms with van der Waals surface area (Å²) in [6, 6.07) is 9.57. The molecule has 1 amide bonds. The molecule has 128 valence electrons. The van der Waals surface area contributed by atoms with Crippen molar-refractivity contribution in [3.63, 3.8) is 0 Å². The average molecular weight is 337 g/mol. The molecule has 0 saturated heterocycles. The van der Waals surface area contributed by atoms with Crippen molar-refractivity contribution in [1.29, 1.82) is 0 Å². The first-order chi connectivity index (χ1) is 11.2. The van der Waals surface area contributed by atoms with Crippen LogP contribution in [-0.4, -0.2) is 13.0 Å². The molecular weight excluding hydrogens is 319 g/mol. The summed E-state index contributed by atoms with van der Waals surface area (Å²) in [5, 5.41) is 2.62.